The molecule has 0 atom stereocenters. The van der Waals surface area contributed by atoms with Crippen LogP contribution in [0, 0.1) is 13.8 Å². The fourth-order valence-corrected chi connectivity index (χ4v) is 2.97. The summed E-state index contributed by atoms with van der Waals surface area (Å²) in [6, 6.07) is 5.37. The Hall–Kier alpha value is -1.92. The molecule has 1 amide bonds. The second-order valence-electron chi connectivity index (χ2n) is 5.86. The predicted molar refractivity (Wildman–Crippen MR) is 87.0 cm³/mol. The van der Waals surface area contributed by atoms with Gasteiger partial charge in [-0.1, -0.05) is 11.6 Å². The zero-order valence-corrected chi connectivity index (χ0v) is 13.9. The van der Waals surface area contributed by atoms with Crippen LogP contribution in [0.25, 0.3) is 5.82 Å². The molecule has 1 aliphatic rings. The van der Waals surface area contributed by atoms with E-state index in [4.69, 9.17) is 11.6 Å². The molecule has 7 heteroatoms. The van der Waals surface area contributed by atoms with E-state index in [9.17, 15) is 9.90 Å². The molecule has 0 bridgehead atoms. The fourth-order valence-electron chi connectivity index (χ4n) is 2.78. The molecule has 23 heavy (non-hydrogen) atoms. The third kappa shape index (κ3) is 3.23. The summed E-state index contributed by atoms with van der Waals surface area (Å²) in [7, 11) is 0. The van der Waals surface area contributed by atoms with E-state index in [1.165, 1.54) is 0 Å². The minimum Gasteiger partial charge on any atom is -0.393 e. The second kappa shape index (κ2) is 6.29. The number of hydrogen-bond acceptors (Lipinski definition) is 4. The summed E-state index contributed by atoms with van der Waals surface area (Å²) in [6.07, 6.45) is 0.838. The lowest BCUT2D eigenvalue weighted by molar-refractivity contribution is 0.0541. The molecule has 3 rings (SSSR count). The quantitative estimate of drug-likeness (QED) is 0.913. The molecule has 2 aromatic heterocycles. The van der Waals surface area contributed by atoms with Crippen LogP contribution in [0.5, 0.6) is 0 Å². The van der Waals surface area contributed by atoms with E-state index in [1.54, 1.807) is 21.7 Å². The first kappa shape index (κ1) is 16.0. The Morgan fingerprint density at radius 1 is 1.30 bits per heavy atom. The van der Waals surface area contributed by atoms with Crippen molar-refractivity contribution in [3.63, 3.8) is 0 Å². The number of pyridine rings is 1. The zero-order valence-electron chi connectivity index (χ0n) is 13.2. The van der Waals surface area contributed by atoms with Gasteiger partial charge in [-0.25, -0.2) is 9.67 Å². The Balaban J connectivity index is 1.92. The van der Waals surface area contributed by atoms with Gasteiger partial charge in [-0.2, -0.15) is 5.10 Å². The lowest BCUT2D eigenvalue weighted by Crippen LogP contribution is -2.40. The van der Waals surface area contributed by atoms with Gasteiger partial charge in [0.15, 0.2) is 5.82 Å². The molecule has 0 radical (unpaired) electrons. The zero-order chi connectivity index (χ0) is 16.6. The van der Waals surface area contributed by atoms with Crippen molar-refractivity contribution < 1.29 is 9.90 Å². The van der Waals surface area contributed by atoms with Gasteiger partial charge in [0.1, 0.15) is 5.69 Å². The maximum absolute atomic E-state index is 12.7. The lowest BCUT2D eigenvalue weighted by atomic mass is 10.1. The van der Waals surface area contributed by atoms with Gasteiger partial charge in [0.25, 0.3) is 5.91 Å². The Morgan fingerprint density at radius 2 is 2.00 bits per heavy atom. The number of aromatic nitrogens is 3. The van der Waals surface area contributed by atoms with Crippen LogP contribution in [0.15, 0.2) is 18.2 Å². The van der Waals surface area contributed by atoms with Crippen molar-refractivity contribution in [3.05, 3.63) is 40.3 Å². The van der Waals surface area contributed by atoms with Gasteiger partial charge in [0, 0.05) is 18.8 Å². The van der Waals surface area contributed by atoms with Crippen molar-refractivity contribution in [2.24, 2.45) is 0 Å². The first-order valence-electron chi connectivity index (χ1n) is 7.63. The number of carbonyl (C=O) groups excluding carboxylic acids is 1. The van der Waals surface area contributed by atoms with E-state index in [0.29, 0.717) is 36.8 Å². The highest BCUT2D eigenvalue weighted by molar-refractivity contribution is 6.33. The fraction of sp³-hybridized carbons (Fsp3) is 0.438. The molecule has 6 nitrogen and oxygen atoms in total. The number of carbonyl (C=O) groups is 1. The number of aliphatic hydroxyl groups excluding tert-OH is 1. The highest BCUT2D eigenvalue weighted by Gasteiger charge is 2.25. The summed E-state index contributed by atoms with van der Waals surface area (Å²) >= 11 is 6.18. The number of piperidine rings is 1. The third-order valence-electron chi connectivity index (χ3n) is 4.01. The molecule has 1 fully saturated rings. The van der Waals surface area contributed by atoms with E-state index >= 15 is 0 Å². The Bertz CT molecular complexity index is 736. The molecule has 1 saturated heterocycles. The van der Waals surface area contributed by atoms with E-state index in [2.05, 4.69) is 10.1 Å². The number of aliphatic hydroxyl groups is 1. The van der Waals surface area contributed by atoms with Gasteiger partial charge < -0.3 is 10.0 Å². The molecule has 0 unspecified atom stereocenters. The van der Waals surface area contributed by atoms with Crippen LogP contribution in [-0.4, -0.2) is 49.9 Å². The van der Waals surface area contributed by atoms with Gasteiger partial charge in [0.05, 0.1) is 16.8 Å². The Morgan fingerprint density at radius 3 is 2.61 bits per heavy atom. The standard InChI is InChI=1S/C16H19ClN4O2/c1-10-9-11(2)21(19-10)14-4-3-13(17)15(18-14)16(23)20-7-5-12(22)6-8-20/h3-4,9,12,22H,5-8H2,1-2H3. The normalized spacial score (nSPS) is 15.9. The molecule has 0 spiro atoms. The van der Waals surface area contributed by atoms with Crippen LogP contribution in [0.3, 0.4) is 0 Å². The predicted octanol–water partition coefficient (Wildman–Crippen LogP) is 2.13. The third-order valence-corrected chi connectivity index (χ3v) is 4.32. The highest BCUT2D eigenvalue weighted by Crippen LogP contribution is 2.21. The number of nitrogens with zero attached hydrogens (tertiary/aromatic N) is 4. The lowest BCUT2D eigenvalue weighted by Gasteiger charge is -2.29. The Labute approximate surface area is 139 Å². The average Bonchev–Trinajstić information content (AvgIpc) is 2.86. The number of likely N-dealkylation sites (tertiary alicyclic amines) is 1. The van der Waals surface area contributed by atoms with Gasteiger partial charge in [-0.3, -0.25) is 4.79 Å². The maximum Gasteiger partial charge on any atom is 0.274 e. The molecule has 1 aliphatic heterocycles. The van der Waals surface area contributed by atoms with Crippen LogP contribution in [-0.2, 0) is 0 Å². The van der Waals surface area contributed by atoms with E-state index in [0.717, 1.165) is 11.4 Å². The number of aryl methyl sites for hydroxylation is 2. The minimum atomic E-state index is -0.330. The summed E-state index contributed by atoms with van der Waals surface area (Å²) in [5.74, 6) is 0.366. The summed E-state index contributed by atoms with van der Waals surface area (Å²) in [6.45, 7) is 4.87. The average molecular weight is 335 g/mol. The first-order valence-corrected chi connectivity index (χ1v) is 8.01. The molecule has 3 heterocycles. The SMILES string of the molecule is Cc1cc(C)n(-c2ccc(Cl)c(C(=O)N3CCC(O)CC3)n2)n1. The minimum absolute atomic E-state index is 0.203. The van der Waals surface area contributed by atoms with Gasteiger partial charge in [-0.15, -0.1) is 0 Å². The van der Waals surface area contributed by atoms with Crippen molar-refractivity contribution in [2.75, 3.05) is 13.1 Å². The molecular formula is C16H19ClN4O2. The monoisotopic (exact) mass is 334 g/mol. The van der Waals surface area contributed by atoms with Crippen molar-refractivity contribution in [1.29, 1.82) is 0 Å². The summed E-state index contributed by atoms with van der Waals surface area (Å²) in [4.78, 5) is 18.8. The van der Waals surface area contributed by atoms with Crippen LogP contribution >= 0.6 is 11.6 Å². The first-order chi connectivity index (χ1) is 11.0. The Kier molecular flexibility index (Phi) is 4.37. The van der Waals surface area contributed by atoms with Gasteiger partial charge >= 0.3 is 0 Å². The molecular weight excluding hydrogens is 316 g/mol. The van der Waals surface area contributed by atoms with Crippen molar-refractivity contribution in [3.8, 4) is 5.82 Å². The maximum atomic E-state index is 12.7. The van der Waals surface area contributed by atoms with Crippen LogP contribution in [0.2, 0.25) is 5.02 Å². The molecule has 0 saturated carbocycles. The van der Waals surface area contributed by atoms with E-state index in [1.807, 2.05) is 19.9 Å². The molecule has 2 aromatic rings. The van der Waals surface area contributed by atoms with Gasteiger partial charge in [-0.05, 0) is 44.9 Å². The van der Waals surface area contributed by atoms with Crippen LogP contribution in [0.4, 0.5) is 0 Å². The largest absolute Gasteiger partial charge is 0.393 e. The van der Waals surface area contributed by atoms with Crippen LogP contribution in [0.1, 0.15) is 34.7 Å². The molecule has 0 aliphatic carbocycles. The summed E-state index contributed by atoms with van der Waals surface area (Å²) in [5, 5.41) is 14.3. The van der Waals surface area contributed by atoms with Crippen molar-refractivity contribution in [2.45, 2.75) is 32.8 Å². The van der Waals surface area contributed by atoms with Crippen molar-refractivity contribution >= 4 is 17.5 Å². The smallest absolute Gasteiger partial charge is 0.274 e. The number of halogens is 1. The summed E-state index contributed by atoms with van der Waals surface area (Å²) < 4.78 is 1.70. The summed E-state index contributed by atoms with van der Waals surface area (Å²) in [5.41, 5.74) is 2.06. The molecule has 1 N–H and O–H groups in total. The van der Waals surface area contributed by atoms with E-state index in [-0.39, 0.29) is 17.7 Å². The topological polar surface area (TPSA) is 71.2 Å². The van der Waals surface area contributed by atoms with Crippen molar-refractivity contribution in [1.82, 2.24) is 19.7 Å². The molecule has 122 valence electrons. The number of hydrogen-bond donors (Lipinski definition) is 1. The second-order valence-corrected chi connectivity index (χ2v) is 6.27. The number of rotatable bonds is 2. The number of amides is 1. The van der Waals surface area contributed by atoms with Gasteiger partial charge in [0.2, 0.25) is 0 Å². The molecule has 0 aromatic carbocycles. The highest BCUT2D eigenvalue weighted by atomic mass is 35.5. The van der Waals surface area contributed by atoms with E-state index < -0.39 is 0 Å². The van der Waals surface area contributed by atoms with Crippen LogP contribution < -0.4 is 0 Å².